The zero-order chi connectivity index (χ0) is 26.6. The van der Waals surface area contributed by atoms with Crippen molar-refractivity contribution in [3.05, 3.63) is 53.1 Å². The van der Waals surface area contributed by atoms with Gasteiger partial charge in [-0.2, -0.15) is 0 Å². The summed E-state index contributed by atoms with van der Waals surface area (Å²) in [5, 5.41) is 0. The Bertz CT molecular complexity index is 997. The number of hydrogen-bond donors (Lipinski definition) is 0. The molecule has 1 unspecified atom stereocenters. The fourth-order valence-electron chi connectivity index (χ4n) is 10.2. The second-order valence-electron chi connectivity index (χ2n) is 14.8. The van der Waals surface area contributed by atoms with Gasteiger partial charge < -0.3 is 4.43 Å². The molecule has 4 aliphatic carbocycles. The summed E-state index contributed by atoms with van der Waals surface area (Å²) in [6, 6.07) is 11.0. The van der Waals surface area contributed by atoms with Crippen molar-refractivity contribution in [3.63, 3.8) is 0 Å². The molecule has 3 fully saturated rings. The number of hydrogen-bond acceptors (Lipinski definition) is 1. The van der Waals surface area contributed by atoms with Crippen molar-refractivity contribution in [3.8, 4) is 0 Å². The van der Waals surface area contributed by atoms with E-state index in [0.717, 1.165) is 17.8 Å². The summed E-state index contributed by atoms with van der Waals surface area (Å²) in [5.41, 5.74) is 7.75. The third kappa shape index (κ3) is 4.67. The SMILES string of the molecule is CC(C)[Si](OC1C=C2CC[C@@H]3[C@@H](CC[C@]4(C)CC(=Cc5ccccc5)C[C@@H]34)[C@@]2(C)CC1)(C(C)C)C(C)C. The number of rotatable bonds is 6. The highest BCUT2D eigenvalue weighted by atomic mass is 28.4. The van der Waals surface area contributed by atoms with Gasteiger partial charge in [0.1, 0.15) is 0 Å². The molecule has 2 heteroatoms. The third-order valence-electron chi connectivity index (χ3n) is 11.9. The van der Waals surface area contributed by atoms with Gasteiger partial charge in [-0.3, -0.25) is 0 Å². The fraction of sp³-hybridized carbons (Fsp3) is 0.714. The lowest BCUT2D eigenvalue weighted by atomic mass is 9.47. The first-order valence-corrected chi connectivity index (χ1v) is 17.8. The first kappa shape index (κ1) is 27.4. The van der Waals surface area contributed by atoms with Crippen molar-refractivity contribution in [2.24, 2.45) is 28.6 Å². The summed E-state index contributed by atoms with van der Waals surface area (Å²) < 4.78 is 7.30. The van der Waals surface area contributed by atoms with E-state index in [1.807, 2.05) is 0 Å². The zero-order valence-corrected chi connectivity index (χ0v) is 26.1. The molecule has 37 heavy (non-hydrogen) atoms. The maximum absolute atomic E-state index is 7.30. The molecule has 0 radical (unpaired) electrons. The van der Waals surface area contributed by atoms with Crippen molar-refractivity contribution in [1.82, 2.24) is 0 Å². The highest BCUT2D eigenvalue weighted by Crippen LogP contribution is 2.66. The van der Waals surface area contributed by atoms with Gasteiger partial charge in [-0.05, 0) is 102 Å². The summed E-state index contributed by atoms with van der Waals surface area (Å²) in [6.07, 6.45) is 16.3. The first-order chi connectivity index (χ1) is 17.5. The molecule has 0 heterocycles. The molecule has 0 N–H and O–H groups in total. The lowest BCUT2D eigenvalue weighted by Crippen LogP contribution is -2.52. The van der Waals surface area contributed by atoms with E-state index in [-0.39, 0.29) is 0 Å². The topological polar surface area (TPSA) is 9.23 Å². The Morgan fingerprint density at radius 3 is 2.19 bits per heavy atom. The van der Waals surface area contributed by atoms with Crippen LogP contribution >= 0.6 is 0 Å². The Labute approximate surface area is 229 Å². The van der Waals surface area contributed by atoms with Crippen molar-refractivity contribution in [2.75, 3.05) is 0 Å². The Hall–Kier alpha value is -1.12. The van der Waals surface area contributed by atoms with E-state index < -0.39 is 8.32 Å². The minimum Gasteiger partial charge on any atom is -0.410 e. The molecule has 0 aromatic heterocycles. The largest absolute Gasteiger partial charge is 0.410 e. The highest BCUT2D eigenvalue weighted by Gasteiger charge is 2.57. The van der Waals surface area contributed by atoms with Gasteiger partial charge in [0.15, 0.2) is 0 Å². The Morgan fingerprint density at radius 1 is 0.865 bits per heavy atom. The normalized spacial score (nSPS) is 37.1. The van der Waals surface area contributed by atoms with E-state index in [4.69, 9.17) is 4.43 Å². The molecule has 1 nitrogen and oxygen atoms in total. The summed E-state index contributed by atoms with van der Waals surface area (Å²) >= 11 is 0. The molecule has 0 aliphatic heterocycles. The Morgan fingerprint density at radius 2 is 1.54 bits per heavy atom. The predicted octanol–water partition coefficient (Wildman–Crippen LogP) is 10.6. The first-order valence-electron chi connectivity index (χ1n) is 15.6. The molecule has 1 aromatic rings. The van der Waals surface area contributed by atoms with E-state index in [9.17, 15) is 0 Å². The molecule has 0 saturated heterocycles. The molecular weight excluding hydrogens is 464 g/mol. The second-order valence-corrected chi connectivity index (χ2v) is 20.2. The van der Waals surface area contributed by atoms with Crippen LogP contribution in [0.5, 0.6) is 0 Å². The number of allylic oxidation sites excluding steroid dienone is 2. The van der Waals surface area contributed by atoms with Crippen LogP contribution in [0.25, 0.3) is 6.08 Å². The molecule has 4 aliphatic rings. The van der Waals surface area contributed by atoms with Crippen molar-refractivity contribution in [2.45, 2.75) is 129 Å². The van der Waals surface area contributed by atoms with Gasteiger partial charge in [0, 0.05) is 0 Å². The van der Waals surface area contributed by atoms with Gasteiger partial charge in [0.2, 0.25) is 8.32 Å². The standard InChI is InChI=1S/C35H54OSi/c1-24(2)37(25(3)4,26(5)6)36-30-16-19-35(8)29(22-30)14-15-31-32(35)17-18-34(7)23-28(21-33(31)34)20-27-12-10-9-11-13-27/h9-13,20,22,24-26,30-33H,14-19,21,23H2,1-8H3/t30?,31-,32-,33+,34-,35+/m1/s1. The quantitative estimate of drug-likeness (QED) is 0.269. The van der Waals surface area contributed by atoms with E-state index in [1.54, 1.807) is 11.1 Å². The summed E-state index contributed by atoms with van der Waals surface area (Å²) in [5.74, 6) is 2.64. The molecule has 0 spiro atoms. The van der Waals surface area contributed by atoms with Crippen LogP contribution in [-0.2, 0) is 4.43 Å². The minimum absolute atomic E-state index is 0.347. The highest BCUT2D eigenvalue weighted by molar-refractivity contribution is 6.77. The molecule has 204 valence electrons. The van der Waals surface area contributed by atoms with Crippen LogP contribution in [0.15, 0.2) is 47.6 Å². The van der Waals surface area contributed by atoms with Gasteiger partial charge in [0.25, 0.3) is 0 Å². The van der Waals surface area contributed by atoms with Gasteiger partial charge in [-0.1, -0.05) is 109 Å². The lowest BCUT2D eigenvalue weighted by Gasteiger charge is -2.58. The average Bonchev–Trinajstić information content (AvgIpc) is 3.18. The van der Waals surface area contributed by atoms with Crippen molar-refractivity contribution < 1.29 is 4.43 Å². The molecule has 3 saturated carbocycles. The van der Waals surface area contributed by atoms with Crippen molar-refractivity contribution in [1.29, 1.82) is 0 Å². The third-order valence-corrected chi connectivity index (χ3v) is 18.1. The van der Waals surface area contributed by atoms with E-state index in [0.29, 0.717) is 33.6 Å². The van der Waals surface area contributed by atoms with Gasteiger partial charge in [-0.25, -0.2) is 0 Å². The maximum atomic E-state index is 7.30. The van der Waals surface area contributed by atoms with Crippen LogP contribution < -0.4 is 0 Å². The second kappa shape index (κ2) is 10.1. The molecule has 0 bridgehead atoms. The molecule has 1 aromatic carbocycles. The van der Waals surface area contributed by atoms with Crippen LogP contribution in [0.1, 0.15) is 112 Å². The average molecular weight is 519 g/mol. The van der Waals surface area contributed by atoms with Crippen LogP contribution in [0, 0.1) is 28.6 Å². The molecule has 5 rings (SSSR count). The minimum atomic E-state index is -1.85. The van der Waals surface area contributed by atoms with Crippen LogP contribution in [-0.4, -0.2) is 14.4 Å². The van der Waals surface area contributed by atoms with Crippen molar-refractivity contribution >= 4 is 14.4 Å². The van der Waals surface area contributed by atoms with Gasteiger partial charge >= 0.3 is 0 Å². The van der Waals surface area contributed by atoms with E-state index in [1.165, 1.54) is 56.9 Å². The lowest BCUT2D eigenvalue weighted by molar-refractivity contribution is -0.0407. The summed E-state index contributed by atoms with van der Waals surface area (Å²) in [6.45, 7) is 19.9. The Balaban J connectivity index is 1.36. The van der Waals surface area contributed by atoms with E-state index in [2.05, 4.69) is 97.9 Å². The van der Waals surface area contributed by atoms with Crippen LogP contribution in [0.4, 0.5) is 0 Å². The van der Waals surface area contributed by atoms with E-state index >= 15 is 0 Å². The predicted molar refractivity (Wildman–Crippen MR) is 162 cm³/mol. The molecule has 6 atom stereocenters. The van der Waals surface area contributed by atoms with Gasteiger partial charge in [0.05, 0.1) is 6.10 Å². The number of fused-ring (bicyclic) bond motifs is 5. The number of benzene rings is 1. The smallest absolute Gasteiger partial charge is 0.201 e. The van der Waals surface area contributed by atoms with Crippen LogP contribution in [0.2, 0.25) is 16.6 Å². The zero-order valence-electron chi connectivity index (χ0n) is 25.1. The molecular formula is C35H54OSi. The molecule has 0 amide bonds. The monoisotopic (exact) mass is 518 g/mol. The maximum Gasteiger partial charge on any atom is 0.201 e. The Kier molecular flexibility index (Phi) is 7.51. The summed E-state index contributed by atoms with van der Waals surface area (Å²) in [7, 11) is -1.85. The van der Waals surface area contributed by atoms with Crippen LogP contribution in [0.3, 0.4) is 0 Å². The van der Waals surface area contributed by atoms with Gasteiger partial charge in [-0.15, -0.1) is 0 Å². The fourth-order valence-corrected chi connectivity index (χ4v) is 15.8. The summed E-state index contributed by atoms with van der Waals surface area (Å²) in [4.78, 5) is 0.